The second kappa shape index (κ2) is 12.1. The van der Waals surface area contributed by atoms with E-state index < -0.39 is 80.6 Å². The van der Waals surface area contributed by atoms with Gasteiger partial charge in [-0.25, -0.2) is 21.6 Å². The molecule has 1 aliphatic heterocycles. The van der Waals surface area contributed by atoms with Crippen LogP contribution in [0.3, 0.4) is 0 Å². The van der Waals surface area contributed by atoms with E-state index in [4.69, 9.17) is 0 Å². The summed E-state index contributed by atoms with van der Waals surface area (Å²) in [5.74, 6) is -6.20. The standard InChI is InChI=1S/C29H23F6N5O5S/c1-36-28(42)20-10-16(4-5-22(20)32)19-3-2-6-40(43)26(19)23(9-15-7-17(30)11-18(31)8-15)37-25(41)12-39-24-14-46(44,45)13-21(24)27(38-39)29(33,34)35/h2-8,10-11,23H,9,12-14H2,1H3,(H2-,36,37,41,42,43)/p+1/t23-/m0/s1. The number of hydrogen-bond acceptors (Lipinski definition) is 6. The number of carbonyl (C=O) groups excluding carboxylic acids is 2. The first-order chi connectivity index (χ1) is 21.6. The summed E-state index contributed by atoms with van der Waals surface area (Å²) in [7, 11) is -2.64. The van der Waals surface area contributed by atoms with Gasteiger partial charge in [-0.3, -0.25) is 19.5 Å². The van der Waals surface area contributed by atoms with Gasteiger partial charge in [0.1, 0.15) is 30.0 Å². The molecule has 2 amide bonds. The molecule has 242 valence electrons. The van der Waals surface area contributed by atoms with Crippen molar-refractivity contribution in [2.45, 2.75) is 36.7 Å². The number of nitrogens with zero attached hydrogens (tertiary/aromatic N) is 3. The Labute approximate surface area is 257 Å². The third-order valence-electron chi connectivity index (χ3n) is 7.24. The molecule has 0 radical (unpaired) electrons. The topological polar surface area (TPSA) is 134 Å². The average molecular weight is 669 g/mol. The van der Waals surface area contributed by atoms with Crippen molar-refractivity contribution in [1.29, 1.82) is 0 Å². The molecule has 46 heavy (non-hydrogen) atoms. The maximum absolute atomic E-state index is 14.5. The third-order valence-corrected chi connectivity index (χ3v) is 8.68. The van der Waals surface area contributed by atoms with Gasteiger partial charge in [-0.15, -0.1) is 0 Å². The quantitative estimate of drug-likeness (QED) is 0.150. The number of halogens is 6. The number of rotatable bonds is 8. The molecule has 0 unspecified atom stereocenters. The number of amides is 2. The lowest BCUT2D eigenvalue weighted by Crippen LogP contribution is -2.43. The van der Waals surface area contributed by atoms with E-state index in [0.717, 1.165) is 24.4 Å². The van der Waals surface area contributed by atoms with E-state index >= 15 is 0 Å². The van der Waals surface area contributed by atoms with Crippen LogP contribution in [0.5, 0.6) is 0 Å². The van der Waals surface area contributed by atoms with Crippen molar-refractivity contribution in [3.05, 3.63) is 106 Å². The van der Waals surface area contributed by atoms with E-state index in [1.165, 1.54) is 31.3 Å². The zero-order valence-electron chi connectivity index (χ0n) is 23.7. The minimum Gasteiger partial charge on any atom is -0.355 e. The van der Waals surface area contributed by atoms with Gasteiger partial charge >= 0.3 is 6.18 Å². The van der Waals surface area contributed by atoms with Crippen LogP contribution < -0.4 is 15.4 Å². The first-order valence-electron chi connectivity index (χ1n) is 13.4. The monoisotopic (exact) mass is 668 g/mol. The second-order valence-electron chi connectivity index (χ2n) is 10.5. The summed E-state index contributed by atoms with van der Waals surface area (Å²) in [5.41, 5.74) is -2.44. The second-order valence-corrected chi connectivity index (χ2v) is 12.6. The van der Waals surface area contributed by atoms with Crippen LogP contribution in [0.1, 0.15) is 44.6 Å². The molecule has 4 aromatic rings. The fraction of sp³-hybridized carbons (Fsp3) is 0.241. The Bertz CT molecular complexity index is 1960. The predicted molar refractivity (Wildman–Crippen MR) is 147 cm³/mol. The molecule has 1 aliphatic rings. The molecular formula is C29H24F6N5O5S+. The number of nitrogens with one attached hydrogen (secondary N) is 2. The smallest absolute Gasteiger partial charge is 0.355 e. The van der Waals surface area contributed by atoms with E-state index in [9.17, 15) is 49.6 Å². The van der Waals surface area contributed by atoms with Gasteiger partial charge in [0.2, 0.25) is 12.1 Å². The Hall–Kier alpha value is -4.93. The van der Waals surface area contributed by atoms with Gasteiger partial charge in [0.25, 0.3) is 11.6 Å². The molecule has 0 fully saturated rings. The summed E-state index contributed by atoms with van der Waals surface area (Å²) >= 11 is 0. The SMILES string of the molecule is CNC(=O)c1cc(-c2ccc[n+](O)c2[C@H](Cc2cc(F)cc(F)c2)NC(=O)Cn2nc(C(F)(F)F)c3c2CS(=O)(=O)C3)ccc1F. The van der Waals surface area contributed by atoms with Crippen molar-refractivity contribution in [3.63, 3.8) is 0 Å². The predicted octanol–water partition coefficient (Wildman–Crippen LogP) is 3.40. The van der Waals surface area contributed by atoms with Gasteiger partial charge in [0.15, 0.2) is 15.5 Å². The molecule has 2 aromatic heterocycles. The summed E-state index contributed by atoms with van der Waals surface area (Å²) in [6.45, 7) is -0.882. The maximum atomic E-state index is 14.5. The zero-order chi connectivity index (χ0) is 33.6. The Balaban J connectivity index is 1.57. The van der Waals surface area contributed by atoms with Gasteiger partial charge < -0.3 is 10.6 Å². The highest BCUT2D eigenvalue weighted by atomic mass is 32.2. The highest BCUT2D eigenvalue weighted by Crippen LogP contribution is 2.38. The molecule has 0 saturated heterocycles. The lowest BCUT2D eigenvalue weighted by Gasteiger charge is -2.19. The van der Waals surface area contributed by atoms with Crippen LogP contribution in [0.2, 0.25) is 0 Å². The molecule has 3 N–H and O–H groups in total. The van der Waals surface area contributed by atoms with E-state index in [1.807, 2.05) is 0 Å². The summed E-state index contributed by atoms with van der Waals surface area (Å²) in [4.78, 5) is 25.6. The molecular weight excluding hydrogens is 644 g/mol. The largest absolute Gasteiger partial charge is 0.435 e. The molecule has 5 rings (SSSR count). The Morgan fingerprint density at radius 3 is 2.41 bits per heavy atom. The number of alkyl halides is 3. The van der Waals surface area contributed by atoms with Gasteiger partial charge in [-0.05, 0) is 41.5 Å². The van der Waals surface area contributed by atoms with Crippen LogP contribution in [0.15, 0.2) is 54.7 Å². The van der Waals surface area contributed by atoms with E-state index in [-0.39, 0.29) is 40.1 Å². The Morgan fingerprint density at radius 1 is 1.07 bits per heavy atom. The van der Waals surface area contributed by atoms with Gasteiger partial charge in [0.05, 0.1) is 28.3 Å². The van der Waals surface area contributed by atoms with E-state index in [1.54, 1.807) is 0 Å². The van der Waals surface area contributed by atoms with Crippen molar-refractivity contribution in [1.82, 2.24) is 20.4 Å². The van der Waals surface area contributed by atoms with Gasteiger partial charge in [-0.2, -0.15) is 18.3 Å². The summed E-state index contributed by atoms with van der Waals surface area (Å²) in [6, 6.07) is 7.50. The molecule has 0 bridgehead atoms. The third kappa shape index (κ3) is 6.68. The number of benzene rings is 2. The minimum atomic E-state index is -5.00. The number of pyridine rings is 1. The summed E-state index contributed by atoms with van der Waals surface area (Å²) in [6.07, 6.45) is -4.21. The van der Waals surface area contributed by atoms with Crippen molar-refractivity contribution in [2.75, 3.05) is 7.05 Å². The lowest BCUT2D eigenvalue weighted by atomic mass is 9.94. The van der Waals surface area contributed by atoms with Crippen molar-refractivity contribution in [3.8, 4) is 11.1 Å². The zero-order valence-corrected chi connectivity index (χ0v) is 24.5. The van der Waals surface area contributed by atoms with Crippen molar-refractivity contribution < 1.29 is 54.3 Å². The minimum absolute atomic E-state index is 0.00758. The fourth-order valence-electron chi connectivity index (χ4n) is 5.34. The maximum Gasteiger partial charge on any atom is 0.435 e. The van der Waals surface area contributed by atoms with E-state index in [2.05, 4.69) is 15.7 Å². The van der Waals surface area contributed by atoms with Crippen LogP contribution >= 0.6 is 0 Å². The summed E-state index contributed by atoms with van der Waals surface area (Å²) in [5, 5.41) is 19.2. The molecule has 3 heterocycles. The van der Waals surface area contributed by atoms with Crippen molar-refractivity contribution in [2.24, 2.45) is 0 Å². The molecule has 2 aromatic carbocycles. The van der Waals surface area contributed by atoms with Crippen LogP contribution in [0.25, 0.3) is 11.1 Å². The van der Waals surface area contributed by atoms with Crippen LogP contribution in [0.4, 0.5) is 26.3 Å². The van der Waals surface area contributed by atoms with Gasteiger partial charge in [-0.1, -0.05) is 6.07 Å². The normalized spacial score (nSPS) is 14.5. The van der Waals surface area contributed by atoms with Gasteiger partial charge in [0, 0.05) is 35.9 Å². The van der Waals surface area contributed by atoms with Crippen molar-refractivity contribution >= 4 is 21.7 Å². The number of hydrogen-bond donors (Lipinski definition) is 3. The molecule has 0 spiro atoms. The number of carbonyl (C=O) groups is 2. The Morgan fingerprint density at radius 2 is 1.76 bits per heavy atom. The highest BCUT2D eigenvalue weighted by Gasteiger charge is 2.44. The average Bonchev–Trinajstić information content (AvgIpc) is 3.44. The molecule has 0 aliphatic carbocycles. The highest BCUT2D eigenvalue weighted by molar-refractivity contribution is 7.90. The number of fused-ring (bicyclic) bond motifs is 1. The molecule has 1 atom stereocenters. The molecule has 10 nitrogen and oxygen atoms in total. The molecule has 17 heteroatoms. The molecule has 0 saturated carbocycles. The van der Waals surface area contributed by atoms with E-state index in [0.29, 0.717) is 15.5 Å². The number of sulfone groups is 1. The first-order valence-corrected chi connectivity index (χ1v) is 15.2. The summed E-state index contributed by atoms with van der Waals surface area (Å²) < 4.78 is 109. The fourth-order valence-corrected chi connectivity index (χ4v) is 6.93. The van der Waals surface area contributed by atoms with Crippen LogP contribution in [0, 0.1) is 17.5 Å². The van der Waals surface area contributed by atoms with Crippen LogP contribution in [-0.2, 0) is 45.3 Å². The van der Waals surface area contributed by atoms with Crippen LogP contribution in [-0.4, -0.2) is 42.3 Å². The number of aromatic nitrogens is 3. The lowest BCUT2D eigenvalue weighted by molar-refractivity contribution is -0.910. The Kier molecular flexibility index (Phi) is 8.55. The first kappa shape index (κ1) is 32.5.